The number of aliphatic carboxylic acids is 1. The molecule has 1 unspecified atom stereocenters. The number of hydrogen-bond donors (Lipinski definition) is 4. The molecule has 11 heteroatoms. The van der Waals surface area contributed by atoms with Gasteiger partial charge in [-0.3, -0.25) is 9.59 Å². The van der Waals surface area contributed by atoms with Gasteiger partial charge in [-0.15, -0.1) is 0 Å². The summed E-state index contributed by atoms with van der Waals surface area (Å²) >= 11 is 0. The van der Waals surface area contributed by atoms with E-state index in [9.17, 15) is 9.59 Å². The Bertz CT molecular complexity index is 1120. The number of amides is 1. The lowest BCUT2D eigenvalue weighted by Crippen LogP contribution is -2.29. The standard InChI is InChI=1S/C19H20N8O3/c20-15-14-16(26-19(21)25-15)23-8-13(24-14)7-22-12-3-1-10(2-4-12)17(28)27-6-5-11(9-27)18(29)30/h1-4,8,11,22H,5-7,9H2,(H,29,30)(H4,20,21,23,25,26). The summed E-state index contributed by atoms with van der Waals surface area (Å²) in [5, 5.41) is 12.3. The van der Waals surface area contributed by atoms with Crippen LogP contribution in [0.1, 0.15) is 22.5 Å². The number of nitrogens with zero attached hydrogens (tertiary/aromatic N) is 5. The van der Waals surface area contributed by atoms with E-state index in [1.165, 1.54) is 0 Å². The van der Waals surface area contributed by atoms with Crippen LogP contribution in [0, 0.1) is 5.92 Å². The van der Waals surface area contributed by atoms with Crippen LogP contribution in [0.2, 0.25) is 0 Å². The van der Waals surface area contributed by atoms with Gasteiger partial charge in [-0.2, -0.15) is 9.97 Å². The zero-order valence-electron chi connectivity index (χ0n) is 15.9. The third kappa shape index (κ3) is 3.90. The number of carboxylic acid groups (broad SMARTS) is 1. The van der Waals surface area contributed by atoms with Crippen molar-refractivity contribution in [3.8, 4) is 0 Å². The number of anilines is 3. The van der Waals surface area contributed by atoms with Crippen molar-refractivity contribution in [3.05, 3.63) is 41.7 Å². The van der Waals surface area contributed by atoms with E-state index < -0.39 is 11.9 Å². The molecule has 3 aromatic rings. The molecular formula is C19H20N8O3. The fourth-order valence-corrected chi connectivity index (χ4v) is 3.32. The molecule has 2 aromatic heterocycles. The summed E-state index contributed by atoms with van der Waals surface area (Å²) in [6, 6.07) is 6.98. The first-order valence-corrected chi connectivity index (χ1v) is 9.31. The first-order valence-electron chi connectivity index (χ1n) is 9.31. The van der Waals surface area contributed by atoms with Gasteiger partial charge in [-0.05, 0) is 30.7 Å². The molecule has 1 amide bonds. The van der Waals surface area contributed by atoms with Crippen LogP contribution in [0.4, 0.5) is 17.5 Å². The Morgan fingerprint density at radius 1 is 1.17 bits per heavy atom. The Kier molecular flexibility index (Phi) is 5.00. The SMILES string of the molecule is Nc1nc(N)c2nc(CNc3ccc(C(=O)N4CCC(C(=O)O)C4)cc3)cnc2n1. The lowest BCUT2D eigenvalue weighted by Gasteiger charge is -2.16. The largest absolute Gasteiger partial charge is 0.481 e. The van der Waals surface area contributed by atoms with Gasteiger partial charge in [-0.25, -0.2) is 9.97 Å². The number of carbonyl (C=O) groups is 2. The van der Waals surface area contributed by atoms with Crippen molar-refractivity contribution in [2.75, 3.05) is 29.9 Å². The summed E-state index contributed by atoms with van der Waals surface area (Å²) < 4.78 is 0. The van der Waals surface area contributed by atoms with Crippen LogP contribution in [0.15, 0.2) is 30.5 Å². The monoisotopic (exact) mass is 408 g/mol. The predicted octanol–water partition coefficient (Wildman–Crippen LogP) is 0.743. The minimum atomic E-state index is -0.863. The van der Waals surface area contributed by atoms with E-state index in [-0.39, 0.29) is 24.2 Å². The van der Waals surface area contributed by atoms with E-state index in [0.29, 0.717) is 41.9 Å². The second-order valence-electron chi connectivity index (χ2n) is 7.01. The zero-order valence-corrected chi connectivity index (χ0v) is 15.9. The second-order valence-corrected chi connectivity index (χ2v) is 7.01. The summed E-state index contributed by atoms with van der Waals surface area (Å²) in [7, 11) is 0. The highest BCUT2D eigenvalue weighted by molar-refractivity contribution is 5.95. The van der Waals surface area contributed by atoms with E-state index in [0.717, 1.165) is 5.69 Å². The highest BCUT2D eigenvalue weighted by atomic mass is 16.4. The highest BCUT2D eigenvalue weighted by Crippen LogP contribution is 2.20. The number of likely N-dealkylation sites (tertiary alicyclic amines) is 1. The minimum Gasteiger partial charge on any atom is -0.481 e. The molecule has 3 heterocycles. The Hall–Kier alpha value is -4.02. The van der Waals surface area contributed by atoms with Crippen LogP contribution >= 0.6 is 0 Å². The summed E-state index contributed by atoms with van der Waals surface area (Å²) in [6.45, 7) is 1.08. The molecule has 30 heavy (non-hydrogen) atoms. The number of carboxylic acids is 1. The summed E-state index contributed by atoms with van der Waals surface area (Å²) in [4.78, 5) is 41.7. The van der Waals surface area contributed by atoms with Crippen LogP contribution in [0.5, 0.6) is 0 Å². The lowest BCUT2D eigenvalue weighted by molar-refractivity contribution is -0.141. The highest BCUT2D eigenvalue weighted by Gasteiger charge is 2.31. The Balaban J connectivity index is 1.40. The van der Waals surface area contributed by atoms with Gasteiger partial charge in [-0.1, -0.05) is 0 Å². The van der Waals surface area contributed by atoms with Gasteiger partial charge in [0.05, 0.1) is 24.4 Å². The predicted molar refractivity (Wildman–Crippen MR) is 109 cm³/mol. The molecule has 1 saturated heterocycles. The van der Waals surface area contributed by atoms with Gasteiger partial charge in [0.15, 0.2) is 17.0 Å². The number of benzene rings is 1. The van der Waals surface area contributed by atoms with Crippen molar-refractivity contribution in [2.24, 2.45) is 5.92 Å². The van der Waals surface area contributed by atoms with Gasteiger partial charge in [0.2, 0.25) is 5.95 Å². The quantitative estimate of drug-likeness (QED) is 0.471. The van der Waals surface area contributed by atoms with Crippen LogP contribution in [0.3, 0.4) is 0 Å². The van der Waals surface area contributed by atoms with Crippen molar-refractivity contribution in [2.45, 2.75) is 13.0 Å². The number of rotatable bonds is 5. The Labute approximate surface area is 171 Å². The number of hydrogen-bond acceptors (Lipinski definition) is 9. The zero-order chi connectivity index (χ0) is 21.3. The van der Waals surface area contributed by atoms with Gasteiger partial charge in [0, 0.05) is 24.3 Å². The van der Waals surface area contributed by atoms with Crippen molar-refractivity contribution in [1.29, 1.82) is 0 Å². The van der Waals surface area contributed by atoms with Crippen LogP contribution in [0.25, 0.3) is 11.2 Å². The van der Waals surface area contributed by atoms with Gasteiger partial charge >= 0.3 is 5.97 Å². The molecule has 154 valence electrons. The molecule has 1 aromatic carbocycles. The topological polar surface area (TPSA) is 173 Å². The third-order valence-corrected chi connectivity index (χ3v) is 4.93. The maximum absolute atomic E-state index is 12.5. The van der Waals surface area contributed by atoms with Gasteiger partial charge in [0.1, 0.15) is 0 Å². The Morgan fingerprint density at radius 3 is 2.63 bits per heavy atom. The fourth-order valence-electron chi connectivity index (χ4n) is 3.32. The van der Waals surface area contributed by atoms with E-state index in [1.54, 1.807) is 35.4 Å². The maximum atomic E-state index is 12.5. The van der Waals surface area contributed by atoms with Crippen molar-refractivity contribution in [1.82, 2.24) is 24.8 Å². The maximum Gasteiger partial charge on any atom is 0.308 e. The summed E-state index contributed by atoms with van der Waals surface area (Å²) in [5.41, 5.74) is 14.0. The lowest BCUT2D eigenvalue weighted by atomic mass is 10.1. The van der Waals surface area contributed by atoms with Crippen molar-refractivity contribution >= 4 is 40.5 Å². The molecule has 1 aliphatic heterocycles. The first-order chi connectivity index (χ1) is 14.4. The number of nitrogens with one attached hydrogen (secondary N) is 1. The third-order valence-electron chi connectivity index (χ3n) is 4.93. The van der Waals surface area contributed by atoms with Crippen LogP contribution in [-0.4, -0.2) is 54.9 Å². The molecule has 11 nitrogen and oxygen atoms in total. The summed E-state index contributed by atoms with van der Waals surface area (Å²) in [5.74, 6) is -1.31. The van der Waals surface area contributed by atoms with E-state index in [4.69, 9.17) is 16.6 Å². The van der Waals surface area contributed by atoms with Crippen molar-refractivity contribution < 1.29 is 14.7 Å². The molecule has 6 N–H and O–H groups in total. The van der Waals surface area contributed by atoms with Gasteiger partial charge in [0.25, 0.3) is 5.91 Å². The average molecular weight is 408 g/mol. The minimum absolute atomic E-state index is 0.0437. The summed E-state index contributed by atoms with van der Waals surface area (Å²) in [6.07, 6.45) is 2.06. The molecule has 4 rings (SSSR count). The molecule has 1 atom stereocenters. The van der Waals surface area contributed by atoms with E-state index in [1.807, 2.05) is 0 Å². The molecule has 1 fully saturated rings. The van der Waals surface area contributed by atoms with Gasteiger partial charge < -0.3 is 26.8 Å². The molecule has 0 saturated carbocycles. The molecular weight excluding hydrogens is 388 g/mol. The smallest absolute Gasteiger partial charge is 0.308 e. The number of aromatic nitrogens is 4. The van der Waals surface area contributed by atoms with E-state index in [2.05, 4.69) is 25.3 Å². The number of carbonyl (C=O) groups excluding carboxylic acids is 1. The number of nitrogen functional groups attached to an aromatic ring is 2. The Morgan fingerprint density at radius 2 is 1.93 bits per heavy atom. The average Bonchev–Trinajstić information content (AvgIpc) is 3.23. The normalized spacial score (nSPS) is 16.0. The second kappa shape index (κ2) is 7.78. The van der Waals surface area contributed by atoms with Crippen LogP contribution < -0.4 is 16.8 Å². The fraction of sp³-hybridized carbons (Fsp3) is 0.263. The molecule has 0 spiro atoms. The molecule has 0 radical (unpaired) electrons. The number of nitrogens with two attached hydrogens (primary N) is 2. The first kappa shape index (κ1) is 19.3. The molecule has 1 aliphatic rings. The van der Waals surface area contributed by atoms with Crippen LogP contribution in [-0.2, 0) is 11.3 Å². The molecule has 0 aliphatic carbocycles. The van der Waals surface area contributed by atoms with E-state index >= 15 is 0 Å². The van der Waals surface area contributed by atoms with Crippen molar-refractivity contribution in [3.63, 3.8) is 0 Å². The molecule has 0 bridgehead atoms. The number of fused-ring (bicyclic) bond motifs is 1.